The summed E-state index contributed by atoms with van der Waals surface area (Å²) in [5.74, 6) is -0.621. The minimum atomic E-state index is -0.398. The van der Waals surface area contributed by atoms with Crippen LogP contribution >= 0.6 is 0 Å². The number of ether oxygens (including phenoxy) is 1. The van der Waals surface area contributed by atoms with Crippen LogP contribution < -0.4 is 0 Å². The van der Waals surface area contributed by atoms with Gasteiger partial charge < -0.3 is 4.74 Å². The second-order valence-corrected chi connectivity index (χ2v) is 5.62. The van der Waals surface area contributed by atoms with Crippen LogP contribution in [0.1, 0.15) is 30.2 Å². The lowest BCUT2D eigenvalue weighted by Crippen LogP contribution is -2.28. The Morgan fingerprint density at radius 1 is 1.04 bits per heavy atom. The number of carbonyl (C=O) groups excluding carboxylic acids is 1. The van der Waals surface area contributed by atoms with E-state index in [1.165, 1.54) is 0 Å². The van der Waals surface area contributed by atoms with Crippen LogP contribution in [0.2, 0.25) is 0 Å². The SMILES string of the molecule is CCOC(=O)[C@@H]1[C@@H](c2ccccc2)N(C)O[C@H]1c1ccccc1. The molecule has 0 amide bonds. The van der Waals surface area contributed by atoms with E-state index in [9.17, 15) is 4.79 Å². The molecule has 0 aromatic heterocycles. The maximum absolute atomic E-state index is 12.6. The summed E-state index contributed by atoms with van der Waals surface area (Å²) in [6, 6.07) is 19.6. The molecule has 0 N–H and O–H groups in total. The van der Waals surface area contributed by atoms with E-state index in [0.717, 1.165) is 11.1 Å². The number of esters is 1. The molecule has 2 aromatic carbocycles. The van der Waals surface area contributed by atoms with Crippen molar-refractivity contribution in [2.75, 3.05) is 13.7 Å². The minimum Gasteiger partial charge on any atom is -0.466 e. The predicted octanol–water partition coefficient (Wildman–Crippen LogP) is 3.53. The summed E-state index contributed by atoms with van der Waals surface area (Å²) in [5, 5.41) is 1.77. The van der Waals surface area contributed by atoms with Crippen molar-refractivity contribution in [2.24, 2.45) is 5.92 Å². The van der Waals surface area contributed by atoms with Crippen molar-refractivity contribution in [1.29, 1.82) is 0 Å². The summed E-state index contributed by atoms with van der Waals surface area (Å²) >= 11 is 0. The average Bonchev–Trinajstić information content (AvgIpc) is 2.94. The Morgan fingerprint density at radius 2 is 1.61 bits per heavy atom. The third-order valence-electron chi connectivity index (χ3n) is 4.17. The van der Waals surface area contributed by atoms with E-state index in [2.05, 4.69) is 0 Å². The molecule has 2 aromatic rings. The fourth-order valence-electron chi connectivity index (χ4n) is 3.17. The molecule has 1 fully saturated rings. The quantitative estimate of drug-likeness (QED) is 0.810. The summed E-state index contributed by atoms with van der Waals surface area (Å²) in [4.78, 5) is 18.7. The fourth-order valence-corrected chi connectivity index (χ4v) is 3.17. The lowest BCUT2D eigenvalue weighted by molar-refractivity contribution is -0.154. The fraction of sp³-hybridized carbons (Fsp3) is 0.316. The molecule has 3 rings (SSSR count). The van der Waals surface area contributed by atoms with Gasteiger partial charge in [0.15, 0.2) is 0 Å². The van der Waals surface area contributed by atoms with Crippen molar-refractivity contribution >= 4 is 5.97 Å². The topological polar surface area (TPSA) is 38.8 Å². The summed E-state index contributed by atoms with van der Waals surface area (Å²) in [6.45, 7) is 2.19. The average molecular weight is 311 g/mol. The van der Waals surface area contributed by atoms with Gasteiger partial charge in [-0.15, -0.1) is 0 Å². The normalized spacial score (nSPS) is 24.5. The van der Waals surface area contributed by atoms with E-state index in [1.54, 1.807) is 5.06 Å². The lowest BCUT2D eigenvalue weighted by Gasteiger charge is -2.22. The van der Waals surface area contributed by atoms with Crippen molar-refractivity contribution in [3.63, 3.8) is 0 Å². The van der Waals surface area contributed by atoms with E-state index in [0.29, 0.717) is 6.61 Å². The molecule has 120 valence electrons. The first-order valence-corrected chi connectivity index (χ1v) is 7.88. The Morgan fingerprint density at radius 3 is 2.17 bits per heavy atom. The van der Waals surface area contributed by atoms with Crippen LogP contribution in [0.4, 0.5) is 0 Å². The summed E-state index contributed by atoms with van der Waals surface area (Å²) in [7, 11) is 1.87. The van der Waals surface area contributed by atoms with E-state index < -0.39 is 5.92 Å². The molecule has 1 saturated heterocycles. The predicted molar refractivity (Wildman–Crippen MR) is 87.3 cm³/mol. The van der Waals surface area contributed by atoms with Gasteiger partial charge in [-0.25, -0.2) is 0 Å². The van der Waals surface area contributed by atoms with Crippen LogP contribution in [0.15, 0.2) is 60.7 Å². The number of carbonyl (C=O) groups is 1. The maximum atomic E-state index is 12.6. The van der Waals surface area contributed by atoms with E-state index >= 15 is 0 Å². The molecule has 4 nitrogen and oxygen atoms in total. The van der Waals surface area contributed by atoms with Crippen LogP contribution in [0.5, 0.6) is 0 Å². The van der Waals surface area contributed by atoms with E-state index in [-0.39, 0.29) is 18.1 Å². The number of benzene rings is 2. The highest BCUT2D eigenvalue weighted by molar-refractivity contribution is 5.75. The number of rotatable bonds is 4. The minimum absolute atomic E-state index is 0.166. The first-order valence-electron chi connectivity index (χ1n) is 7.88. The van der Waals surface area contributed by atoms with Gasteiger partial charge in [-0.1, -0.05) is 60.7 Å². The van der Waals surface area contributed by atoms with E-state index in [1.807, 2.05) is 74.6 Å². The highest BCUT2D eigenvalue weighted by Crippen LogP contribution is 2.46. The molecule has 0 unspecified atom stereocenters. The van der Waals surface area contributed by atoms with Gasteiger partial charge in [0.2, 0.25) is 0 Å². The van der Waals surface area contributed by atoms with Crippen molar-refractivity contribution in [1.82, 2.24) is 5.06 Å². The van der Waals surface area contributed by atoms with Crippen LogP contribution in [0, 0.1) is 5.92 Å². The second-order valence-electron chi connectivity index (χ2n) is 5.62. The Hall–Kier alpha value is -2.17. The zero-order valence-electron chi connectivity index (χ0n) is 13.4. The van der Waals surface area contributed by atoms with Crippen molar-refractivity contribution < 1.29 is 14.4 Å². The molecule has 1 aliphatic rings. The zero-order chi connectivity index (χ0) is 16.2. The van der Waals surface area contributed by atoms with Gasteiger partial charge in [0.25, 0.3) is 0 Å². The highest BCUT2D eigenvalue weighted by Gasteiger charge is 2.48. The Bertz CT molecular complexity index is 644. The largest absolute Gasteiger partial charge is 0.466 e. The molecule has 0 aliphatic carbocycles. The zero-order valence-corrected chi connectivity index (χ0v) is 13.4. The van der Waals surface area contributed by atoms with Gasteiger partial charge in [-0.2, -0.15) is 5.06 Å². The molecule has 4 heteroatoms. The third-order valence-corrected chi connectivity index (χ3v) is 4.17. The monoisotopic (exact) mass is 311 g/mol. The van der Waals surface area contributed by atoms with Crippen molar-refractivity contribution in [3.8, 4) is 0 Å². The molecule has 1 aliphatic heterocycles. The first-order chi connectivity index (χ1) is 11.2. The number of hydrogen-bond donors (Lipinski definition) is 0. The number of hydrogen-bond acceptors (Lipinski definition) is 4. The molecule has 0 saturated carbocycles. The third kappa shape index (κ3) is 3.14. The number of nitrogens with zero attached hydrogens (tertiary/aromatic N) is 1. The lowest BCUT2D eigenvalue weighted by atomic mass is 9.86. The maximum Gasteiger partial charge on any atom is 0.314 e. The van der Waals surface area contributed by atoms with Crippen molar-refractivity contribution in [3.05, 3.63) is 71.8 Å². The van der Waals surface area contributed by atoms with Gasteiger partial charge in [0, 0.05) is 7.05 Å². The van der Waals surface area contributed by atoms with Crippen LogP contribution in [0.25, 0.3) is 0 Å². The van der Waals surface area contributed by atoms with Crippen LogP contribution in [-0.4, -0.2) is 24.7 Å². The Balaban J connectivity index is 1.99. The Kier molecular flexibility index (Phi) is 4.74. The van der Waals surface area contributed by atoms with Crippen molar-refractivity contribution in [2.45, 2.75) is 19.1 Å². The molecule has 1 heterocycles. The van der Waals surface area contributed by atoms with Crippen LogP contribution in [0.3, 0.4) is 0 Å². The molecule has 0 spiro atoms. The number of hydroxylamine groups is 2. The summed E-state index contributed by atoms with van der Waals surface area (Å²) < 4.78 is 5.33. The van der Waals surface area contributed by atoms with Gasteiger partial charge in [-0.05, 0) is 18.1 Å². The van der Waals surface area contributed by atoms with Gasteiger partial charge in [0.05, 0.1) is 12.6 Å². The summed E-state index contributed by atoms with van der Waals surface area (Å²) in [5.41, 5.74) is 2.03. The molecule has 0 bridgehead atoms. The first kappa shape index (κ1) is 15.7. The van der Waals surface area contributed by atoms with E-state index in [4.69, 9.17) is 9.57 Å². The molecule has 0 radical (unpaired) electrons. The standard InChI is InChI=1S/C19H21NO3/c1-3-22-19(21)16-17(14-10-6-4-7-11-14)20(2)23-18(16)15-12-8-5-9-13-15/h4-13,16-18H,3H2,1-2H3/t16-,17-,18+/m1/s1. The molecular formula is C19H21NO3. The molecule has 23 heavy (non-hydrogen) atoms. The molecular weight excluding hydrogens is 290 g/mol. The van der Waals surface area contributed by atoms with Gasteiger partial charge in [0.1, 0.15) is 12.0 Å². The highest BCUT2D eigenvalue weighted by atomic mass is 16.7. The summed E-state index contributed by atoms with van der Waals surface area (Å²) in [6.07, 6.45) is -0.342. The molecule has 3 atom stereocenters. The van der Waals surface area contributed by atoms with Gasteiger partial charge in [-0.3, -0.25) is 9.63 Å². The second kappa shape index (κ2) is 6.94. The smallest absolute Gasteiger partial charge is 0.314 e. The van der Waals surface area contributed by atoms with Crippen LogP contribution in [-0.2, 0) is 14.4 Å². The Labute approximate surface area is 136 Å². The van der Waals surface area contributed by atoms with Gasteiger partial charge >= 0.3 is 5.97 Å².